The van der Waals surface area contributed by atoms with Crippen LogP contribution >= 0.6 is 12.4 Å². The largest absolute Gasteiger partial charge is 0.381 e. The normalized spacial score (nSPS) is 13.0. The van der Waals surface area contributed by atoms with Crippen molar-refractivity contribution in [3.8, 4) is 11.1 Å². The van der Waals surface area contributed by atoms with Gasteiger partial charge in [0.2, 0.25) is 0 Å². The third-order valence-electron chi connectivity index (χ3n) is 8.39. The Balaban J connectivity index is 0.00000486. The molecule has 1 aliphatic heterocycles. The zero-order chi connectivity index (χ0) is 34.5. The molecule has 2 aromatic heterocycles. The van der Waals surface area contributed by atoms with Gasteiger partial charge in [-0.25, -0.2) is 22.5 Å². The summed E-state index contributed by atoms with van der Waals surface area (Å²) in [5.41, 5.74) is 1.51. The lowest BCUT2D eigenvalue weighted by molar-refractivity contribution is 0.0636. The number of ether oxygens (including phenoxy) is 1. The Morgan fingerprint density at radius 3 is 2.30 bits per heavy atom. The predicted octanol–water partition coefficient (Wildman–Crippen LogP) is 6.71. The van der Waals surface area contributed by atoms with E-state index in [1.54, 1.807) is 24.4 Å². The Morgan fingerprint density at radius 2 is 1.54 bits per heavy atom. The third-order valence-corrected chi connectivity index (χ3v) is 8.39. The second-order valence-electron chi connectivity index (χ2n) is 11.7. The van der Waals surface area contributed by atoms with E-state index in [2.05, 4.69) is 20.9 Å². The summed E-state index contributed by atoms with van der Waals surface area (Å²) < 4.78 is 63.2. The fourth-order valence-corrected chi connectivity index (χ4v) is 5.61. The number of nitrogens with one attached hydrogen (secondary N) is 3. The number of carbonyl (C=O) groups excluding carboxylic acids is 3. The van der Waals surface area contributed by atoms with E-state index < -0.39 is 41.0 Å². The third kappa shape index (κ3) is 8.29. The number of hydrogen-bond acceptors (Lipinski definition) is 5. The maximum Gasteiger partial charge on any atom is 0.274 e. The molecule has 0 bridgehead atoms. The highest BCUT2D eigenvalue weighted by atomic mass is 35.5. The van der Waals surface area contributed by atoms with Gasteiger partial charge in [-0.1, -0.05) is 12.1 Å². The van der Waals surface area contributed by atoms with Crippen LogP contribution in [-0.2, 0) is 11.3 Å². The zero-order valence-corrected chi connectivity index (χ0v) is 27.3. The van der Waals surface area contributed by atoms with Gasteiger partial charge in [-0.2, -0.15) is 0 Å². The number of halogens is 5. The number of aromatic nitrogens is 2. The predicted molar refractivity (Wildman–Crippen MR) is 180 cm³/mol. The molecule has 260 valence electrons. The molecule has 3 amide bonds. The first kappa shape index (κ1) is 36.0. The Labute approximate surface area is 290 Å². The average molecular weight is 710 g/mol. The van der Waals surface area contributed by atoms with E-state index in [1.807, 2.05) is 0 Å². The van der Waals surface area contributed by atoms with Gasteiger partial charge in [0.15, 0.2) is 11.6 Å². The van der Waals surface area contributed by atoms with E-state index in [0.29, 0.717) is 34.8 Å². The lowest BCUT2D eigenvalue weighted by Crippen LogP contribution is -2.28. The van der Waals surface area contributed by atoms with Crippen LogP contribution in [0.4, 0.5) is 23.2 Å². The SMILES string of the molecule is Cl.O=C(NCc1ccc(F)c(F)c1)c1ccc(F)c(NC(=O)c2cnc3cc(-c4ccc(C(=O)NCCC5CCOCC5)c(F)c4)ccn23)c1. The van der Waals surface area contributed by atoms with Gasteiger partial charge in [0.25, 0.3) is 17.7 Å². The summed E-state index contributed by atoms with van der Waals surface area (Å²) in [6, 6.07) is 14.2. The van der Waals surface area contributed by atoms with Crippen LogP contribution in [0.1, 0.15) is 56.0 Å². The summed E-state index contributed by atoms with van der Waals surface area (Å²) >= 11 is 0. The summed E-state index contributed by atoms with van der Waals surface area (Å²) in [5.74, 6) is -4.88. The monoisotopic (exact) mass is 709 g/mol. The molecule has 3 N–H and O–H groups in total. The van der Waals surface area contributed by atoms with Gasteiger partial charge in [0.05, 0.1) is 17.4 Å². The second-order valence-corrected chi connectivity index (χ2v) is 11.7. The lowest BCUT2D eigenvalue weighted by Gasteiger charge is -2.21. The maximum absolute atomic E-state index is 15.0. The molecule has 14 heteroatoms. The molecule has 1 aliphatic rings. The summed E-state index contributed by atoms with van der Waals surface area (Å²) in [6.07, 6.45) is 5.55. The number of pyridine rings is 1. The smallest absolute Gasteiger partial charge is 0.274 e. The van der Waals surface area contributed by atoms with Crippen LogP contribution in [-0.4, -0.2) is 46.9 Å². The Morgan fingerprint density at radius 1 is 0.780 bits per heavy atom. The van der Waals surface area contributed by atoms with Crippen molar-refractivity contribution in [1.82, 2.24) is 20.0 Å². The summed E-state index contributed by atoms with van der Waals surface area (Å²) in [6.45, 7) is 1.78. The first-order valence-electron chi connectivity index (χ1n) is 15.6. The minimum absolute atomic E-state index is 0. The van der Waals surface area contributed by atoms with Gasteiger partial charge in [-0.3, -0.25) is 18.8 Å². The second kappa shape index (κ2) is 16.0. The number of fused-ring (bicyclic) bond motifs is 1. The number of amides is 3. The molecule has 0 spiro atoms. The summed E-state index contributed by atoms with van der Waals surface area (Å²) in [7, 11) is 0. The zero-order valence-electron chi connectivity index (χ0n) is 26.5. The molecule has 0 saturated carbocycles. The molecule has 0 radical (unpaired) electrons. The van der Waals surface area contributed by atoms with E-state index in [-0.39, 0.29) is 41.5 Å². The quantitative estimate of drug-likeness (QED) is 0.140. The van der Waals surface area contributed by atoms with Crippen molar-refractivity contribution >= 4 is 41.5 Å². The molecule has 5 aromatic rings. The van der Waals surface area contributed by atoms with Crippen LogP contribution in [0.25, 0.3) is 16.8 Å². The molecule has 50 heavy (non-hydrogen) atoms. The molecule has 1 fully saturated rings. The molecular weight excluding hydrogens is 678 g/mol. The molecule has 0 aliphatic carbocycles. The van der Waals surface area contributed by atoms with Crippen LogP contribution in [0, 0.1) is 29.2 Å². The molecule has 3 heterocycles. The van der Waals surface area contributed by atoms with Crippen molar-refractivity contribution in [2.45, 2.75) is 25.8 Å². The van der Waals surface area contributed by atoms with E-state index in [0.717, 1.165) is 56.7 Å². The number of benzene rings is 3. The molecule has 0 atom stereocenters. The van der Waals surface area contributed by atoms with Crippen LogP contribution in [0.15, 0.2) is 79.1 Å². The highest BCUT2D eigenvalue weighted by Crippen LogP contribution is 2.25. The Bertz CT molecular complexity index is 2050. The van der Waals surface area contributed by atoms with Gasteiger partial charge < -0.3 is 20.7 Å². The van der Waals surface area contributed by atoms with Crippen LogP contribution in [0.3, 0.4) is 0 Å². The topological polar surface area (TPSA) is 114 Å². The van der Waals surface area contributed by atoms with Gasteiger partial charge in [0, 0.05) is 38.1 Å². The summed E-state index contributed by atoms with van der Waals surface area (Å²) in [5, 5.41) is 7.78. The van der Waals surface area contributed by atoms with Crippen molar-refractivity contribution in [2.75, 3.05) is 25.1 Å². The minimum atomic E-state index is -1.05. The molecule has 0 unspecified atom stereocenters. The molecule has 3 aromatic carbocycles. The van der Waals surface area contributed by atoms with Crippen LogP contribution in [0.5, 0.6) is 0 Å². The highest BCUT2D eigenvalue weighted by Gasteiger charge is 2.19. The fraction of sp³-hybridized carbons (Fsp3) is 0.222. The molecular formula is C36H32ClF4N5O4. The molecule has 9 nitrogen and oxygen atoms in total. The number of nitrogens with zero attached hydrogens (tertiary/aromatic N) is 2. The van der Waals surface area contributed by atoms with Crippen LogP contribution in [0.2, 0.25) is 0 Å². The maximum atomic E-state index is 15.0. The fourth-order valence-electron chi connectivity index (χ4n) is 5.61. The van der Waals surface area contributed by atoms with Crippen molar-refractivity contribution in [3.05, 3.63) is 125 Å². The van der Waals surface area contributed by atoms with Crippen LogP contribution < -0.4 is 16.0 Å². The first-order chi connectivity index (χ1) is 23.7. The minimum Gasteiger partial charge on any atom is -0.381 e. The van der Waals surface area contributed by atoms with Gasteiger partial charge >= 0.3 is 0 Å². The van der Waals surface area contributed by atoms with E-state index in [4.69, 9.17) is 4.74 Å². The number of imidazole rings is 1. The number of carbonyl (C=O) groups is 3. The van der Waals surface area contributed by atoms with Gasteiger partial charge in [-0.05, 0) is 96.5 Å². The van der Waals surface area contributed by atoms with Crippen molar-refractivity contribution in [2.24, 2.45) is 5.92 Å². The first-order valence-corrected chi connectivity index (χ1v) is 15.6. The average Bonchev–Trinajstić information content (AvgIpc) is 3.53. The summed E-state index contributed by atoms with van der Waals surface area (Å²) in [4.78, 5) is 42.7. The highest BCUT2D eigenvalue weighted by molar-refractivity contribution is 6.04. The van der Waals surface area contributed by atoms with E-state index >= 15 is 4.39 Å². The Hall–Kier alpha value is -5.27. The van der Waals surface area contributed by atoms with E-state index in [9.17, 15) is 27.6 Å². The van der Waals surface area contributed by atoms with Crippen molar-refractivity contribution in [3.63, 3.8) is 0 Å². The molecule has 6 rings (SSSR count). The van der Waals surface area contributed by atoms with E-state index in [1.165, 1.54) is 34.9 Å². The standard InChI is InChI=1S/C36H31F4N5O4.ClH/c37-27-5-1-22(15-30(27)40)19-43-34(46)25-3-6-28(38)31(17-25)44-36(48)32-20-42-33-18-24(8-12-45(32)33)23-2-4-26(29(39)16-23)35(47)41-11-7-21-9-13-49-14-10-21;/h1-6,8,12,15-18,20-21H,7,9-11,13-14,19H2,(H,41,47)(H,43,46)(H,44,48);1H. The number of rotatable bonds is 10. The van der Waals surface area contributed by atoms with Gasteiger partial charge in [-0.15, -0.1) is 12.4 Å². The lowest BCUT2D eigenvalue weighted by atomic mass is 9.96. The number of anilines is 1. The molecule has 1 saturated heterocycles. The van der Waals surface area contributed by atoms with Crippen molar-refractivity contribution < 1.29 is 36.7 Å². The number of hydrogen-bond donors (Lipinski definition) is 3. The van der Waals surface area contributed by atoms with Crippen molar-refractivity contribution in [1.29, 1.82) is 0 Å². The Kier molecular flexibility index (Phi) is 11.5. The van der Waals surface area contributed by atoms with Gasteiger partial charge in [0.1, 0.15) is 23.0 Å².